The highest BCUT2D eigenvalue weighted by molar-refractivity contribution is 7.09. The van der Waals surface area contributed by atoms with Crippen LogP contribution in [0.15, 0.2) is 35.8 Å². The molecule has 1 heterocycles. The van der Waals surface area contributed by atoms with E-state index in [1.807, 2.05) is 10.3 Å². The molecule has 0 saturated heterocycles. The summed E-state index contributed by atoms with van der Waals surface area (Å²) in [6.07, 6.45) is 7.23. The molecule has 2 aromatic rings. The van der Waals surface area contributed by atoms with Gasteiger partial charge in [0.2, 0.25) is 0 Å². The Balaban J connectivity index is 1.92. The molecule has 5 nitrogen and oxygen atoms in total. The summed E-state index contributed by atoms with van der Waals surface area (Å²) < 4.78 is 4.84. The largest absolute Gasteiger partial charge is 0.465 e. The highest BCUT2D eigenvalue weighted by Gasteiger charge is 2.29. The summed E-state index contributed by atoms with van der Waals surface area (Å²) in [5.74, 6) is -0.607. The lowest BCUT2D eigenvalue weighted by Gasteiger charge is -2.34. The van der Waals surface area contributed by atoms with Gasteiger partial charge in [-0.25, -0.2) is 9.78 Å². The number of benzene rings is 1. The third kappa shape index (κ3) is 4.07. The van der Waals surface area contributed by atoms with E-state index in [1.165, 1.54) is 13.5 Å². The number of hydrogen-bond donors (Lipinski definition) is 0. The lowest BCUT2D eigenvalue weighted by Crippen LogP contribution is -2.41. The van der Waals surface area contributed by atoms with Crippen LogP contribution in [0.5, 0.6) is 0 Å². The molecule has 0 radical (unpaired) electrons. The van der Waals surface area contributed by atoms with Crippen molar-refractivity contribution in [3.05, 3.63) is 52.0 Å². The smallest absolute Gasteiger partial charge is 0.338 e. The lowest BCUT2D eigenvalue weighted by atomic mass is 9.93. The number of methoxy groups -OCH3 is 1. The van der Waals surface area contributed by atoms with Gasteiger partial charge in [-0.15, -0.1) is 11.3 Å². The third-order valence-corrected chi connectivity index (χ3v) is 5.39. The zero-order valence-corrected chi connectivity index (χ0v) is 15.1. The van der Waals surface area contributed by atoms with Crippen LogP contribution in [0, 0.1) is 0 Å². The maximum absolute atomic E-state index is 13.3. The molecule has 132 valence electrons. The summed E-state index contributed by atoms with van der Waals surface area (Å²) in [5, 5.41) is 2.83. The van der Waals surface area contributed by atoms with Gasteiger partial charge in [0.05, 0.1) is 24.8 Å². The van der Waals surface area contributed by atoms with Gasteiger partial charge in [0, 0.05) is 17.6 Å². The van der Waals surface area contributed by atoms with Crippen molar-refractivity contribution in [1.82, 2.24) is 9.88 Å². The first-order valence-corrected chi connectivity index (χ1v) is 9.45. The van der Waals surface area contributed by atoms with E-state index >= 15 is 0 Å². The van der Waals surface area contributed by atoms with Crippen molar-refractivity contribution in [3.63, 3.8) is 0 Å². The molecule has 1 aliphatic carbocycles. The Morgan fingerprint density at radius 1 is 1.20 bits per heavy atom. The minimum atomic E-state index is -0.484. The topological polar surface area (TPSA) is 59.5 Å². The van der Waals surface area contributed by atoms with Gasteiger partial charge in [0.15, 0.2) is 0 Å². The van der Waals surface area contributed by atoms with Gasteiger partial charge >= 0.3 is 5.97 Å². The summed E-state index contributed by atoms with van der Waals surface area (Å²) in [7, 11) is 1.33. The molecule has 1 saturated carbocycles. The minimum Gasteiger partial charge on any atom is -0.465 e. The molecular weight excluding hydrogens is 336 g/mol. The van der Waals surface area contributed by atoms with Crippen molar-refractivity contribution >= 4 is 23.2 Å². The third-order valence-electron chi connectivity index (χ3n) is 4.63. The first-order chi connectivity index (χ1) is 12.2. The average molecular weight is 358 g/mol. The number of amides is 1. The maximum Gasteiger partial charge on any atom is 0.338 e. The monoisotopic (exact) mass is 358 g/mol. The Morgan fingerprint density at radius 2 is 1.92 bits per heavy atom. The van der Waals surface area contributed by atoms with E-state index in [0.29, 0.717) is 17.7 Å². The van der Waals surface area contributed by atoms with Crippen LogP contribution in [-0.2, 0) is 11.3 Å². The fourth-order valence-electron chi connectivity index (χ4n) is 3.35. The van der Waals surface area contributed by atoms with Crippen LogP contribution in [0.2, 0.25) is 0 Å². The van der Waals surface area contributed by atoms with Crippen molar-refractivity contribution in [2.24, 2.45) is 0 Å². The molecule has 1 fully saturated rings. The second-order valence-electron chi connectivity index (χ2n) is 6.19. The Morgan fingerprint density at radius 3 is 2.56 bits per heavy atom. The van der Waals surface area contributed by atoms with Gasteiger partial charge in [-0.1, -0.05) is 31.4 Å². The first kappa shape index (κ1) is 17.6. The first-order valence-electron chi connectivity index (χ1n) is 8.57. The minimum absolute atomic E-state index is 0.122. The van der Waals surface area contributed by atoms with Crippen LogP contribution in [0.4, 0.5) is 0 Å². The molecule has 1 aliphatic rings. The normalized spacial score (nSPS) is 14.9. The molecule has 0 bridgehead atoms. The molecule has 3 rings (SSSR count). The number of esters is 1. The summed E-state index contributed by atoms with van der Waals surface area (Å²) in [6, 6.07) is 7.06. The lowest BCUT2D eigenvalue weighted by molar-refractivity contribution is 0.0564. The van der Waals surface area contributed by atoms with Crippen LogP contribution in [0.1, 0.15) is 57.8 Å². The molecule has 0 aliphatic heterocycles. The maximum atomic E-state index is 13.3. The molecule has 1 aromatic carbocycles. The zero-order valence-electron chi connectivity index (χ0n) is 14.3. The molecule has 0 N–H and O–H groups in total. The predicted molar refractivity (Wildman–Crippen MR) is 96.6 cm³/mol. The fraction of sp³-hybridized carbons (Fsp3) is 0.421. The van der Waals surface area contributed by atoms with Crippen molar-refractivity contribution in [1.29, 1.82) is 0 Å². The molecule has 0 spiro atoms. The molecule has 25 heavy (non-hydrogen) atoms. The van der Waals surface area contributed by atoms with Crippen LogP contribution >= 0.6 is 11.3 Å². The quantitative estimate of drug-likeness (QED) is 0.761. The second-order valence-corrected chi connectivity index (χ2v) is 7.17. The highest BCUT2D eigenvalue weighted by Crippen LogP contribution is 2.27. The molecule has 6 heteroatoms. The number of thiazole rings is 1. The van der Waals surface area contributed by atoms with Gasteiger partial charge in [-0.3, -0.25) is 4.79 Å². The number of carbonyl (C=O) groups excluding carboxylic acids is 2. The summed E-state index contributed by atoms with van der Waals surface area (Å²) in [4.78, 5) is 31.6. The number of aromatic nitrogens is 1. The van der Waals surface area contributed by atoms with Crippen molar-refractivity contribution in [2.45, 2.75) is 44.7 Å². The van der Waals surface area contributed by atoms with E-state index in [9.17, 15) is 9.59 Å². The number of carbonyl (C=O) groups is 2. The van der Waals surface area contributed by atoms with E-state index in [2.05, 4.69) is 4.98 Å². The van der Waals surface area contributed by atoms with E-state index in [0.717, 1.165) is 30.7 Å². The highest BCUT2D eigenvalue weighted by atomic mass is 32.1. The Kier molecular flexibility index (Phi) is 5.81. The summed E-state index contributed by atoms with van der Waals surface area (Å²) in [6.45, 7) is 0.483. The number of hydrogen-bond acceptors (Lipinski definition) is 5. The number of ether oxygens (including phenoxy) is 1. The van der Waals surface area contributed by atoms with Crippen LogP contribution in [0.25, 0.3) is 0 Å². The molecule has 1 amide bonds. The second kappa shape index (κ2) is 8.25. The SMILES string of the molecule is COC(=O)c1ccccc1C(=O)N(Cc1nccs1)C1CCCCC1. The zero-order chi connectivity index (χ0) is 17.6. The predicted octanol–water partition coefficient (Wildman–Crippen LogP) is 3.90. The van der Waals surface area contributed by atoms with Gasteiger partial charge in [-0.2, -0.15) is 0 Å². The standard InChI is InChI=1S/C19H22N2O3S/c1-24-19(23)16-10-6-5-9-15(16)18(22)21(13-17-20-11-12-25-17)14-7-3-2-4-8-14/h5-6,9-12,14H,2-4,7-8,13H2,1H3. The van der Waals surface area contributed by atoms with E-state index < -0.39 is 5.97 Å². The molecule has 0 unspecified atom stereocenters. The van der Waals surface area contributed by atoms with Gasteiger partial charge in [-0.05, 0) is 25.0 Å². The number of nitrogens with zero attached hydrogens (tertiary/aromatic N) is 2. The van der Waals surface area contributed by atoms with Gasteiger partial charge < -0.3 is 9.64 Å². The van der Waals surface area contributed by atoms with Crippen molar-refractivity contribution < 1.29 is 14.3 Å². The van der Waals surface area contributed by atoms with Crippen LogP contribution < -0.4 is 0 Å². The van der Waals surface area contributed by atoms with E-state index in [1.54, 1.807) is 41.8 Å². The van der Waals surface area contributed by atoms with Crippen LogP contribution in [0.3, 0.4) is 0 Å². The van der Waals surface area contributed by atoms with E-state index in [-0.39, 0.29) is 11.9 Å². The molecule has 1 aromatic heterocycles. The van der Waals surface area contributed by atoms with Crippen LogP contribution in [-0.4, -0.2) is 34.9 Å². The molecule has 0 atom stereocenters. The Labute approximate surface area is 151 Å². The number of rotatable bonds is 5. The summed E-state index contributed by atoms with van der Waals surface area (Å²) in [5.41, 5.74) is 0.714. The van der Waals surface area contributed by atoms with Crippen molar-refractivity contribution in [2.75, 3.05) is 7.11 Å². The summed E-state index contributed by atoms with van der Waals surface area (Å²) >= 11 is 1.55. The van der Waals surface area contributed by atoms with Gasteiger partial charge in [0.25, 0.3) is 5.91 Å². The van der Waals surface area contributed by atoms with E-state index in [4.69, 9.17) is 4.74 Å². The average Bonchev–Trinajstić information content (AvgIpc) is 3.19. The Hall–Kier alpha value is -2.21. The van der Waals surface area contributed by atoms with Gasteiger partial charge in [0.1, 0.15) is 5.01 Å². The Bertz CT molecular complexity index is 724. The fourth-order valence-corrected chi connectivity index (χ4v) is 3.96. The molecular formula is C19H22N2O3S. The van der Waals surface area contributed by atoms with Crippen molar-refractivity contribution in [3.8, 4) is 0 Å².